The van der Waals surface area contributed by atoms with Gasteiger partial charge in [-0.2, -0.15) is 9.97 Å². The normalized spacial score (nSPS) is 15.2. The lowest BCUT2D eigenvalue weighted by Gasteiger charge is -2.26. The maximum absolute atomic E-state index is 5.90. The third kappa shape index (κ3) is 3.84. The van der Waals surface area contributed by atoms with Gasteiger partial charge in [0.25, 0.3) is 0 Å². The molecule has 0 saturated carbocycles. The lowest BCUT2D eigenvalue weighted by molar-refractivity contribution is 0.0398. The third-order valence-electron chi connectivity index (χ3n) is 4.31. The molecule has 26 heavy (non-hydrogen) atoms. The van der Waals surface area contributed by atoms with Crippen LogP contribution in [0, 0.1) is 0 Å². The van der Waals surface area contributed by atoms with E-state index >= 15 is 0 Å². The number of imidazole rings is 1. The molecule has 0 unspecified atom stereocenters. The number of fused-ring (bicyclic) bond motifs is 1. The Labute approximate surface area is 151 Å². The fourth-order valence-electron chi connectivity index (χ4n) is 2.90. The first-order chi connectivity index (χ1) is 12.8. The van der Waals surface area contributed by atoms with Crippen LogP contribution in [-0.4, -0.2) is 64.2 Å². The summed E-state index contributed by atoms with van der Waals surface area (Å²) in [6, 6.07) is 8.01. The summed E-state index contributed by atoms with van der Waals surface area (Å²) in [5.74, 6) is 0.785. The van der Waals surface area contributed by atoms with E-state index in [1.54, 1.807) is 6.33 Å². The molecule has 136 valence electrons. The lowest BCUT2D eigenvalue weighted by atomic mass is 10.2. The number of morpholine rings is 1. The minimum absolute atomic E-state index is 0.347. The number of nitrogen functional groups attached to an aromatic ring is 1. The minimum atomic E-state index is 0.347. The molecule has 1 aliphatic rings. The Kier molecular flexibility index (Phi) is 4.80. The van der Waals surface area contributed by atoms with Crippen molar-refractivity contribution in [3.05, 3.63) is 30.6 Å². The number of nitrogens with one attached hydrogen (secondary N) is 3. The first-order valence-electron chi connectivity index (χ1n) is 8.65. The molecule has 0 spiro atoms. The molecule has 9 heteroatoms. The van der Waals surface area contributed by atoms with Crippen molar-refractivity contribution in [3.63, 3.8) is 0 Å². The van der Waals surface area contributed by atoms with Crippen molar-refractivity contribution in [2.45, 2.75) is 0 Å². The smallest absolute Gasteiger partial charge is 0.231 e. The molecule has 1 saturated heterocycles. The van der Waals surface area contributed by atoms with Gasteiger partial charge in [-0.05, 0) is 24.3 Å². The number of anilines is 4. The topological polar surface area (TPSA) is 117 Å². The Balaban J connectivity index is 1.33. The van der Waals surface area contributed by atoms with Crippen molar-refractivity contribution >= 4 is 34.3 Å². The molecule has 0 atom stereocenters. The molecule has 4 rings (SSSR count). The number of benzene rings is 1. The average Bonchev–Trinajstić information content (AvgIpc) is 3.13. The zero-order chi connectivity index (χ0) is 17.8. The molecular formula is C17H22N8O. The third-order valence-corrected chi connectivity index (χ3v) is 4.31. The molecule has 0 bridgehead atoms. The molecule has 9 nitrogen and oxygen atoms in total. The van der Waals surface area contributed by atoms with Crippen molar-refractivity contribution in [2.24, 2.45) is 0 Å². The Morgan fingerprint density at radius 2 is 1.88 bits per heavy atom. The van der Waals surface area contributed by atoms with E-state index in [0.29, 0.717) is 22.9 Å². The van der Waals surface area contributed by atoms with Gasteiger partial charge in [-0.25, -0.2) is 4.98 Å². The number of hydrogen-bond donors (Lipinski definition) is 4. The second-order valence-corrected chi connectivity index (χ2v) is 6.12. The van der Waals surface area contributed by atoms with E-state index in [-0.39, 0.29) is 0 Å². The van der Waals surface area contributed by atoms with Crippen LogP contribution >= 0.6 is 0 Å². The van der Waals surface area contributed by atoms with E-state index in [9.17, 15) is 0 Å². The Bertz CT molecular complexity index is 857. The van der Waals surface area contributed by atoms with Crippen LogP contribution in [0.25, 0.3) is 11.2 Å². The molecule has 0 amide bonds. The van der Waals surface area contributed by atoms with Gasteiger partial charge in [0.15, 0.2) is 11.5 Å². The average molecular weight is 354 g/mol. The molecule has 1 aliphatic heterocycles. The Morgan fingerprint density at radius 3 is 2.69 bits per heavy atom. The summed E-state index contributed by atoms with van der Waals surface area (Å²) in [6.07, 6.45) is 1.55. The highest BCUT2D eigenvalue weighted by Crippen LogP contribution is 2.20. The Morgan fingerprint density at radius 1 is 1.12 bits per heavy atom. The molecule has 3 heterocycles. The van der Waals surface area contributed by atoms with Gasteiger partial charge in [0.2, 0.25) is 5.95 Å². The number of nitrogens with two attached hydrogens (primary N) is 1. The molecular weight excluding hydrogens is 332 g/mol. The number of aromatic nitrogens is 4. The largest absolute Gasteiger partial charge is 0.384 e. The van der Waals surface area contributed by atoms with E-state index < -0.39 is 0 Å². The number of ether oxygens (including phenoxy) is 1. The van der Waals surface area contributed by atoms with Crippen LogP contribution in [0.5, 0.6) is 0 Å². The fraction of sp³-hybridized carbons (Fsp3) is 0.353. The molecule has 1 fully saturated rings. The maximum Gasteiger partial charge on any atom is 0.231 e. The number of H-pyrrole nitrogens is 1. The van der Waals surface area contributed by atoms with Crippen molar-refractivity contribution in [1.29, 1.82) is 0 Å². The van der Waals surface area contributed by atoms with E-state index in [1.165, 1.54) is 0 Å². The van der Waals surface area contributed by atoms with Gasteiger partial charge >= 0.3 is 0 Å². The second kappa shape index (κ2) is 7.54. The monoisotopic (exact) mass is 354 g/mol. The van der Waals surface area contributed by atoms with Gasteiger partial charge in [0.05, 0.1) is 19.5 Å². The highest BCUT2D eigenvalue weighted by molar-refractivity contribution is 5.82. The van der Waals surface area contributed by atoms with Gasteiger partial charge in [0.1, 0.15) is 5.52 Å². The zero-order valence-corrected chi connectivity index (χ0v) is 14.4. The summed E-state index contributed by atoms with van der Waals surface area (Å²) < 4.78 is 5.36. The van der Waals surface area contributed by atoms with Crippen LogP contribution in [0.3, 0.4) is 0 Å². The predicted molar refractivity (Wildman–Crippen MR) is 102 cm³/mol. The number of hydrogen-bond acceptors (Lipinski definition) is 8. The molecule has 5 N–H and O–H groups in total. The van der Waals surface area contributed by atoms with Gasteiger partial charge < -0.3 is 26.1 Å². The quantitative estimate of drug-likeness (QED) is 0.525. The second-order valence-electron chi connectivity index (χ2n) is 6.12. The first-order valence-corrected chi connectivity index (χ1v) is 8.65. The zero-order valence-electron chi connectivity index (χ0n) is 14.4. The van der Waals surface area contributed by atoms with Crippen molar-refractivity contribution in [1.82, 2.24) is 24.8 Å². The Hall–Kier alpha value is -2.91. The maximum atomic E-state index is 5.90. The van der Waals surface area contributed by atoms with Gasteiger partial charge in [-0.3, -0.25) is 4.90 Å². The summed E-state index contributed by atoms with van der Waals surface area (Å²) in [6.45, 7) is 5.60. The van der Waals surface area contributed by atoms with E-state index in [2.05, 4.69) is 35.5 Å². The highest BCUT2D eigenvalue weighted by Gasteiger charge is 2.09. The SMILES string of the molecule is Nc1nc(Nc2ccc(NCCN3CCOCC3)cc2)nc2[nH]cnc12. The minimum Gasteiger partial charge on any atom is -0.384 e. The van der Waals surface area contributed by atoms with Crippen molar-refractivity contribution in [2.75, 3.05) is 55.8 Å². The van der Waals surface area contributed by atoms with E-state index in [4.69, 9.17) is 10.5 Å². The molecule has 2 aromatic heterocycles. The molecule has 0 aliphatic carbocycles. The number of nitrogens with zero attached hydrogens (tertiary/aromatic N) is 4. The summed E-state index contributed by atoms with van der Waals surface area (Å²) in [7, 11) is 0. The van der Waals surface area contributed by atoms with Crippen molar-refractivity contribution in [3.8, 4) is 0 Å². The highest BCUT2D eigenvalue weighted by atomic mass is 16.5. The van der Waals surface area contributed by atoms with Crippen LogP contribution in [0.1, 0.15) is 0 Å². The van der Waals surface area contributed by atoms with Crippen LogP contribution < -0.4 is 16.4 Å². The van der Waals surface area contributed by atoms with Crippen LogP contribution in [0.2, 0.25) is 0 Å². The predicted octanol–water partition coefficient (Wildman–Crippen LogP) is 1.42. The van der Waals surface area contributed by atoms with E-state index in [1.807, 2.05) is 24.3 Å². The number of rotatable bonds is 6. The van der Waals surface area contributed by atoms with Gasteiger partial charge in [0, 0.05) is 37.6 Å². The lowest BCUT2D eigenvalue weighted by Crippen LogP contribution is -2.38. The van der Waals surface area contributed by atoms with Crippen molar-refractivity contribution < 1.29 is 4.74 Å². The van der Waals surface area contributed by atoms with Gasteiger partial charge in [-0.15, -0.1) is 0 Å². The summed E-state index contributed by atoms with van der Waals surface area (Å²) in [5.41, 5.74) is 9.06. The molecule has 1 aromatic carbocycles. The van der Waals surface area contributed by atoms with Crippen LogP contribution in [0.4, 0.5) is 23.1 Å². The fourth-order valence-corrected chi connectivity index (χ4v) is 2.90. The van der Waals surface area contributed by atoms with Crippen LogP contribution in [-0.2, 0) is 4.74 Å². The molecule has 3 aromatic rings. The first kappa shape index (κ1) is 16.6. The molecule has 0 radical (unpaired) electrons. The summed E-state index contributed by atoms with van der Waals surface area (Å²) >= 11 is 0. The standard InChI is InChI=1S/C17H22N8O/c18-15-14-16(21-11-20-14)24-17(23-15)22-13-3-1-12(2-4-13)19-5-6-25-7-9-26-10-8-25/h1-4,11,19H,5-10H2,(H4,18,20,21,22,23,24). The van der Waals surface area contributed by atoms with Crippen LogP contribution in [0.15, 0.2) is 30.6 Å². The summed E-state index contributed by atoms with van der Waals surface area (Å²) in [5, 5.41) is 6.60. The van der Waals surface area contributed by atoms with Gasteiger partial charge in [-0.1, -0.05) is 0 Å². The summed E-state index contributed by atoms with van der Waals surface area (Å²) in [4.78, 5) is 18.0. The number of aromatic amines is 1. The van der Waals surface area contributed by atoms with E-state index in [0.717, 1.165) is 50.8 Å².